The van der Waals surface area contributed by atoms with Crippen molar-refractivity contribution in [2.45, 2.75) is 12.3 Å². The molecule has 1 unspecified atom stereocenters. The zero-order valence-electron chi connectivity index (χ0n) is 16.6. The van der Waals surface area contributed by atoms with E-state index in [9.17, 15) is 0 Å². The first-order chi connectivity index (χ1) is 14.3. The van der Waals surface area contributed by atoms with Crippen molar-refractivity contribution >= 4 is 16.5 Å². The van der Waals surface area contributed by atoms with Crippen molar-refractivity contribution in [2.24, 2.45) is 0 Å². The van der Waals surface area contributed by atoms with Gasteiger partial charge >= 0.3 is 0 Å². The second kappa shape index (κ2) is 7.17. The van der Waals surface area contributed by atoms with Gasteiger partial charge in [-0.15, -0.1) is 0 Å². The van der Waals surface area contributed by atoms with Crippen LogP contribution in [0.4, 0.5) is 0 Å². The van der Waals surface area contributed by atoms with Gasteiger partial charge in [0.15, 0.2) is 11.5 Å². The Morgan fingerprint density at radius 1 is 0.828 bits per heavy atom. The second-order valence-corrected chi connectivity index (χ2v) is 7.35. The molecule has 0 amide bonds. The van der Waals surface area contributed by atoms with E-state index in [-0.39, 0.29) is 5.92 Å². The molecule has 1 aliphatic carbocycles. The minimum Gasteiger partial charge on any atom is -0.493 e. The van der Waals surface area contributed by atoms with Crippen LogP contribution < -0.4 is 9.47 Å². The average Bonchev–Trinajstić information content (AvgIpc) is 3.18. The van der Waals surface area contributed by atoms with E-state index in [2.05, 4.69) is 77.8 Å². The zero-order valence-corrected chi connectivity index (χ0v) is 16.6. The van der Waals surface area contributed by atoms with Gasteiger partial charge in [0.2, 0.25) is 0 Å². The monoisotopic (exact) mass is 381 g/mol. The lowest BCUT2D eigenvalue weighted by molar-refractivity contribution is 0.354. The molecule has 0 spiro atoms. The molecular formula is C26H23NO2. The van der Waals surface area contributed by atoms with Crippen molar-refractivity contribution < 1.29 is 9.47 Å². The third-order valence-electron chi connectivity index (χ3n) is 5.82. The third-order valence-corrected chi connectivity index (χ3v) is 5.82. The van der Waals surface area contributed by atoms with Crippen LogP contribution in [0.1, 0.15) is 34.7 Å². The van der Waals surface area contributed by atoms with Crippen LogP contribution in [0.25, 0.3) is 16.5 Å². The zero-order chi connectivity index (χ0) is 19.8. The van der Waals surface area contributed by atoms with Crippen molar-refractivity contribution in [1.29, 1.82) is 0 Å². The molecule has 3 heteroatoms. The van der Waals surface area contributed by atoms with E-state index in [1.165, 1.54) is 38.9 Å². The highest BCUT2D eigenvalue weighted by atomic mass is 16.5. The number of benzene rings is 3. The third kappa shape index (κ3) is 2.90. The van der Waals surface area contributed by atoms with Crippen LogP contribution in [0.5, 0.6) is 11.5 Å². The first-order valence-corrected chi connectivity index (χ1v) is 9.88. The largest absolute Gasteiger partial charge is 0.493 e. The van der Waals surface area contributed by atoms with Crippen molar-refractivity contribution in [3.8, 4) is 11.5 Å². The normalized spacial score (nSPS) is 15.7. The molecule has 0 aliphatic heterocycles. The fourth-order valence-electron chi connectivity index (χ4n) is 4.45. The van der Waals surface area contributed by atoms with Gasteiger partial charge in [-0.1, -0.05) is 60.7 Å². The number of allylic oxidation sites excluding steroid dienone is 1. The number of nitrogens with one attached hydrogen (secondary N) is 1. The Hall–Kier alpha value is -3.46. The molecule has 4 aromatic rings. The molecule has 1 aliphatic rings. The summed E-state index contributed by atoms with van der Waals surface area (Å²) in [7, 11) is 3.36. The van der Waals surface area contributed by atoms with E-state index >= 15 is 0 Å². The number of hydrogen-bond acceptors (Lipinski definition) is 2. The van der Waals surface area contributed by atoms with Gasteiger partial charge in [-0.2, -0.15) is 0 Å². The Labute approximate surface area is 170 Å². The van der Waals surface area contributed by atoms with Crippen LogP contribution in [0.2, 0.25) is 0 Å². The molecule has 1 heterocycles. The van der Waals surface area contributed by atoms with Crippen molar-refractivity contribution in [2.75, 3.05) is 14.2 Å². The number of aromatic amines is 1. The van der Waals surface area contributed by atoms with E-state index in [1.807, 2.05) is 6.07 Å². The molecule has 3 aromatic carbocycles. The van der Waals surface area contributed by atoms with E-state index in [1.54, 1.807) is 14.2 Å². The summed E-state index contributed by atoms with van der Waals surface area (Å²) in [4.78, 5) is 3.69. The SMILES string of the molecule is COc1ccc(C2CC=C(c3ccccc3)c3[nH]c4ccccc4c32)cc1OC. The van der Waals surface area contributed by atoms with E-state index in [0.29, 0.717) is 0 Å². The molecule has 1 atom stereocenters. The molecule has 0 fully saturated rings. The number of rotatable bonds is 4. The van der Waals surface area contributed by atoms with Gasteiger partial charge in [-0.05, 0) is 41.3 Å². The number of para-hydroxylation sites is 1. The maximum Gasteiger partial charge on any atom is 0.161 e. The van der Waals surface area contributed by atoms with Gasteiger partial charge in [0.1, 0.15) is 0 Å². The molecule has 3 nitrogen and oxygen atoms in total. The van der Waals surface area contributed by atoms with Gasteiger partial charge < -0.3 is 14.5 Å². The summed E-state index contributed by atoms with van der Waals surface area (Å²) in [5, 5.41) is 1.28. The number of hydrogen-bond donors (Lipinski definition) is 1. The molecule has 0 saturated carbocycles. The molecule has 0 bridgehead atoms. The molecular weight excluding hydrogens is 358 g/mol. The van der Waals surface area contributed by atoms with Crippen LogP contribution in [-0.4, -0.2) is 19.2 Å². The average molecular weight is 381 g/mol. The maximum absolute atomic E-state index is 5.57. The summed E-state index contributed by atoms with van der Waals surface area (Å²) in [6.07, 6.45) is 3.29. The topological polar surface area (TPSA) is 34.2 Å². The van der Waals surface area contributed by atoms with E-state index in [0.717, 1.165) is 17.9 Å². The fourth-order valence-corrected chi connectivity index (χ4v) is 4.45. The minimum atomic E-state index is 0.258. The Morgan fingerprint density at radius 3 is 2.38 bits per heavy atom. The molecule has 5 rings (SSSR count). The maximum atomic E-state index is 5.57. The Kier molecular flexibility index (Phi) is 4.36. The number of methoxy groups -OCH3 is 2. The van der Waals surface area contributed by atoms with E-state index < -0.39 is 0 Å². The first-order valence-electron chi connectivity index (χ1n) is 9.88. The quantitative estimate of drug-likeness (QED) is 0.460. The molecule has 0 radical (unpaired) electrons. The van der Waals surface area contributed by atoms with Crippen LogP contribution in [0, 0.1) is 0 Å². The smallest absolute Gasteiger partial charge is 0.161 e. The highest BCUT2D eigenvalue weighted by molar-refractivity contribution is 5.94. The second-order valence-electron chi connectivity index (χ2n) is 7.35. The number of aromatic nitrogens is 1. The summed E-state index contributed by atoms with van der Waals surface area (Å²) < 4.78 is 11.0. The Bertz CT molecular complexity index is 1200. The van der Waals surface area contributed by atoms with Gasteiger partial charge in [0, 0.05) is 22.4 Å². The van der Waals surface area contributed by atoms with Gasteiger partial charge in [0.05, 0.1) is 19.9 Å². The summed E-state index contributed by atoms with van der Waals surface area (Å²) in [5.41, 5.74) is 7.49. The summed E-state index contributed by atoms with van der Waals surface area (Å²) in [6, 6.07) is 25.4. The van der Waals surface area contributed by atoms with Crippen LogP contribution in [0.3, 0.4) is 0 Å². The Balaban J connectivity index is 1.70. The number of fused-ring (bicyclic) bond motifs is 3. The highest BCUT2D eigenvalue weighted by Crippen LogP contribution is 2.45. The predicted molar refractivity (Wildman–Crippen MR) is 118 cm³/mol. The van der Waals surface area contributed by atoms with E-state index in [4.69, 9.17) is 9.47 Å². The van der Waals surface area contributed by atoms with Crippen molar-refractivity contribution in [3.63, 3.8) is 0 Å². The standard InChI is InChI=1S/C26H23NO2/c1-28-23-15-12-18(16-24(23)29-2)19-13-14-20(17-8-4-3-5-9-17)26-25(19)21-10-6-7-11-22(21)27-26/h3-12,14-16,19,27H,13H2,1-2H3. The van der Waals surface area contributed by atoms with Gasteiger partial charge in [-0.3, -0.25) is 0 Å². The molecule has 1 N–H and O–H groups in total. The lowest BCUT2D eigenvalue weighted by Gasteiger charge is -2.25. The van der Waals surface area contributed by atoms with Crippen molar-refractivity contribution in [3.05, 3.63) is 101 Å². The van der Waals surface area contributed by atoms with Gasteiger partial charge in [-0.25, -0.2) is 0 Å². The summed E-state index contributed by atoms with van der Waals surface area (Å²) >= 11 is 0. The van der Waals surface area contributed by atoms with Crippen molar-refractivity contribution in [1.82, 2.24) is 4.98 Å². The number of H-pyrrole nitrogens is 1. The highest BCUT2D eigenvalue weighted by Gasteiger charge is 2.28. The van der Waals surface area contributed by atoms with Crippen LogP contribution in [0.15, 0.2) is 78.9 Å². The summed E-state index contributed by atoms with van der Waals surface area (Å²) in [5.74, 6) is 1.78. The molecule has 29 heavy (non-hydrogen) atoms. The predicted octanol–water partition coefficient (Wildman–Crippen LogP) is 6.15. The first kappa shape index (κ1) is 17.6. The molecule has 0 saturated heterocycles. The van der Waals surface area contributed by atoms with Crippen LogP contribution in [-0.2, 0) is 0 Å². The molecule has 144 valence electrons. The molecule has 1 aromatic heterocycles. The van der Waals surface area contributed by atoms with Crippen LogP contribution >= 0.6 is 0 Å². The summed E-state index contributed by atoms with van der Waals surface area (Å²) in [6.45, 7) is 0. The number of ether oxygens (including phenoxy) is 2. The fraction of sp³-hybridized carbons (Fsp3) is 0.154. The minimum absolute atomic E-state index is 0.258. The lowest BCUT2D eigenvalue weighted by atomic mass is 9.79. The Morgan fingerprint density at radius 2 is 1.59 bits per heavy atom. The van der Waals surface area contributed by atoms with Gasteiger partial charge in [0.25, 0.3) is 0 Å². The lowest BCUT2D eigenvalue weighted by Crippen LogP contribution is -2.09.